The summed E-state index contributed by atoms with van der Waals surface area (Å²) in [7, 11) is 0. The largest absolute Gasteiger partial charge is 0.0808 e. The van der Waals surface area contributed by atoms with Gasteiger partial charge in [0.15, 0.2) is 0 Å². The van der Waals surface area contributed by atoms with Crippen molar-refractivity contribution in [2.45, 2.75) is 96.9 Å². The van der Waals surface area contributed by atoms with Crippen molar-refractivity contribution in [1.82, 2.24) is 0 Å². The molecule has 0 nitrogen and oxygen atoms in total. The van der Waals surface area contributed by atoms with E-state index in [1.165, 1.54) is 0 Å². The molecule has 2 aliphatic carbocycles. The Kier molecular flexibility index (Phi) is 69.1. The normalized spacial score (nSPS) is 10.8. The second kappa shape index (κ2) is 43.1. The van der Waals surface area contributed by atoms with Crippen molar-refractivity contribution in [1.29, 1.82) is 0 Å². The van der Waals surface area contributed by atoms with E-state index in [1.807, 2.05) is 27.7 Å². The van der Waals surface area contributed by atoms with Gasteiger partial charge in [0.05, 0.1) is 0 Å². The van der Waals surface area contributed by atoms with Crippen LogP contribution in [0.3, 0.4) is 0 Å². The van der Waals surface area contributed by atoms with Crippen LogP contribution in [0.4, 0.5) is 0 Å². The quantitative estimate of drug-likeness (QED) is 0.411. The lowest BCUT2D eigenvalue weighted by Crippen LogP contribution is -1.66. The van der Waals surface area contributed by atoms with Crippen molar-refractivity contribution >= 4 is 0 Å². The summed E-state index contributed by atoms with van der Waals surface area (Å²) in [5.74, 6) is 1.67. The molecule has 2 rings (SSSR count). The van der Waals surface area contributed by atoms with Gasteiger partial charge in [0, 0.05) is 0 Å². The van der Waals surface area contributed by atoms with Crippen LogP contribution in [0.1, 0.15) is 96.9 Å². The van der Waals surface area contributed by atoms with E-state index >= 15 is 0 Å². The Balaban J connectivity index is -0.0000000413. The van der Waals surface area contributed by atoms with Gasteiger partial charge in [-0.05, 0) is 24.7 Å². The first kappa shape index (κ1) is 38.5. The standard InChI is InChI=1S/2C5H6.2C4H10.2C2H6.2CH4/c2*1-2-4-5-3-1;2*1-4(2)3;2*1-2;;/h2*1-4H,5H2;2*4H,1-3H3;2*1-2H3;2*1H4. The lowest BCUT2D eigenvalue weighted by molar-refractivity contribution is 0.736. The lowest BCUT2D eigenvalue weighted by Gasteiger charge is -1.79. The van der Waals surface area contributed by atoms with Crippen LogP contribution in [0.5, 0.6) is 0 Å². The summed E-state index contributed by atoms with van der Waals surface area (Å²) in [5, 5.41) is 0. The summed E-state index contributed by atoms with van der Waals surface area (Å²) in [6.45, 7) is 21.0. The Hall–Kier alpha value is -1.04. The van der Waals surface area contributed by atoms with Crippen molar-refractivity contribution in [3.63, 3.8) is 0 Å². The molecule has 0 aromatic carbocycles. The van der Waals surface area contributed by atoms with Gasteiger partial charge in [-0.2, -0.15) is 0 Å². The van der Waals surface area contributed by atoms with E-state index in [-0.39, 0.29) is 14.9 Å². The van der Waals surface area contributed by atoms with Crippen LogP contribution in [-0.2, 0) is 0 Å². The monoisotopic (exact) mass is 340 g/mol. The first-order valence-corrected chi connectivity index (χ1v) is 9.10. The highest BCUT2D eigenvalue weighted by Crippen LogP contribution is 1.93. The van der Waals surface area contributed by atoms with Gasteiger partial charge in [0.1, 0.15) is 0 Å². The minimum atomic E-state index is 0. The molecule has 0 spiro atoms. The van der Waals surface area contributed by atoms with Gasteiger partial charge in [-0.15, -0.1) is 0 Å². The van der Waals surface area contributed by atoms with Crippen LogP contribution in [0.2, 0.25) is 0 Å². The third-order valence-electron chi connectivity index (χ3n) is 1.31. The zero-order chi connectivity index (χ0) is 18.2. The van der Waals surface area contributed by atoms with E-state index in [9.17, 15) is 0 Å². The molecular weight excluding hydrogens is 288 g/mol. The van der Waals surface area contributed by atoms with Crippen molar-refractivity contribution in [3.05, 3.63) is 48.6 Å². The minimum absolute atomic E-state index is 0. The highest BCUT2D eigenvalue weighted by Gasteiger charge is 1.72. The van der Waals surface area contributed by atoms with E-state index in [1.54, 1.807) is 0 Å². The van der Waals surface area contributed by atoms with Gasteiger partial charge in [0.25, 0.3) is 0 Å². The lowest BCUT2D eigenvalue weighted by atomic mass is 10.3. The Morgan fingerprint density at radius 3 is 0.625 bits per heavy atom. The fourth-order valence-corrected chi connectivity index (χ4v) is 0.786. The van der Waals surface area contributed by atoms with Gasteiger partial charge in [-0.25, -0.2) is 0 Å². The molecule has 0 radical (unpaired) electrons. The molecule has 24 heavy (non-hydrogen) atoms. The van der Waals surface area contributed by atoms with E-state index in [2.05, 4.69) is 90.2 Å². The molecule has 0 unspecified atom stereocenters. The molecule has 0 heteroatoms. The van der Waals surface area contributed by atoms with Gasteiger partial charge in [0.2, 0.25) is 0 Å². The maximum absolute atomic E-state index is 2.17. The summed E-state index contributed by atoms with van der Waals surface area (Å²) < 4.78 is 0. The molecule has 0 saturated heterocycles. The summed E-state index contributed by atoms with van der Waals surface area (Å²) >= 11 is 0. The predicted molar refractivity (Wildman–Crippen MR) is 123 cm³/mol. The maximum Gasteiger partial charge on any atom is -0.0163 e. The summed E-state index contributed by atoms with van der Waals surface area (Å²) in [6.07, 6.45) is 19.0. The fraction of sp³-hybridized carbons (Fsp3) is 0.667. The van der Waals surface area contributed by atoms with Crippen molar-refractivity contribution < 1.29 is 0 Å². The number of rotatable bonds is 0. The van der Waals surface area contributed by atoms with Gasteiger partial charge < -0.3 is 0 Å². The molecule has 0 bridgehead atoms. The fourth-order valence-electron chi connectivity index (χ4n) is 0.786. The van der Waals surface area contributed by atoms with Crippen LogP contribution >= 0.6 is 0 Å². The third kappa shape index (κ3) is 104. The Labute approximate surface area is 157 Å². The first-order chi connectivity index (χ1) is 10.5. The molecule has 0 aromatic heterocycles. The molecule has 0 saturated carbocycles. The second-order valence-corrected chi connectivity index (χ2v) is 5.65. The van der Waals surface area contributed by atoms with Gasteiger partial charge >= 0.3 is 0 Å². The minimum Gasteiger partial charge on any atom is -0.0808 e. The van der Waals surface area contributed by atoms with Crippen LogP contribution in [0.15, 0.2) is 48.6 Å². The van der Waals surface area contributed by atoms with E-state index in [0.29, 0.717) is 0 Å². The topological polar surface area (TPSA) is 0 Å². The zero-order valence-electron chi connectivity index (χ0n) is 17.2. The second-order valence-electron chi connectivity index (χ2n) is 5.65. The maximum atomic E-state index is 2.17. The van der Waals surface area contributed by atoms with E-state index in [0.717, 1.165) is 24.7 Å². The molecule has 0 fully saturated rings. The Morgan fingerprint density at radius 1 is 0.458 bits per heavy atom. The van der Waals surface area contributed by atoms with Crippen molar-refractivity contribution in [3.8, 4) is 0 Å². The molecule has 0 amide bonds. The van der Waals surface area contributed by atoms with Crippen molar-refractivity contribution in [2.24, 2.45) is 11.8 Å². The van der Waals surface area contributed by atoms with Crippen molar-refractivity contribution in [2.75, 3.05) is 0 Å². The third-order valence-corrected chi connectivity index (χ3v) is 1.31. The summed E-state index contributed by atoms with van der Waals surface area (Å²) in [6, 6.07) is 0. The Bertz CT molecular complexity index is 196. The Morgan fingerprint density at radius 2 is 0.583 bits per heavy atom. The molecular formula is C24H52. The molecule has 148 valence electrons. The van der Waals surface area contributed by atoms with Gasteiger partial charge in [-0.3, -0.25) is 0 Å². The molecule has 0 aliphatic heterocycles. The molecule has 2 aliphatic rings. The number of allylic oxidation sites excluding steroid dienone is 8. The summed E-state index contributed by atoms with van der Waals surface area (Å²) in [5.41, 5.74) is 0. The smallest absolute Gasteiger partial charge is 0.0163 e. The molecule has 0 atom stereocenters. The predicted octanol–water partition coefficient (Wildman–Crippen LogP) is 9.65. The van der Waals surface area contributed by atoms with Crippen LogP contribution in [0.25, 0.3) is 0 Å². The summed E-state index contributed by atoms with van der Waals surface area (Å²) in [4.78, 5) is 0. The average Bonchev–Trinajstić information content (AvgIpc) is 3.20. The van der Waals surface area contributed by atoms with Gasteiger partial charge in [-0.1, -0.05) is 133 Å². The zero-order valence-corrected chi connectivity index (χ0v) is 17.2. The first-order valence-electron chi connectivity index (χ1n) is 9.10. The highest BCUT2D eigenvalue weighted by molar-refractivity contribution is 5.12. The molecule has 0 heterocycles. The molecule has 0 aromatic rings. The molecule has 0 N–H and O–H groups in total. The number of hydrogen-bond donors (Lipinski definition) is 0. The average molecular weight is 341 g/mol. The highest BCUT2D eigenvalue weighted by atomic mass is 13.8. The van der Waals surface area contributed by atoms with Crippen LogP contribution in [-0.4, -0.2) is 0 Å². The number of hydrogen-bond acceptors (Lipinski definition) is 0. The SMILES string of the molecule is C.C.C1=CCC=C1.C1=CCC=C1.CC.CC.CC(C)C.CC(C)C. The van der Waals surface area contributed by atoms with E-state index < -0.39 is 0 Å². The van der Waals surface area contributed by atoms with Crippen LogP contribution < -0.4 is 0 Å². The van der Waals surface area contributed by atoms with Crippen LogP contribution in [0, 0.1) is 11.8 Å². The van der Waals surface area contributed by atoms with E-state index in [4.69, 9.17) is 0 Å².